The molecule has 24 heavy (non-hydrogen) atoms. The first-order chi connectivity index (χ1) is 11.4. The Bertz CT molecular complexity index is 1000. The monoisotopic (exact) mass is 343 g/mol. The number of nitrogens with zero attached hydrogens (tertiary/aromatic N) is 1. The number of aryl methyl sites for hydroxylation is 2. The van der Waals surface area contributed by atoms with Crippen LogP contribution in [0.3, 0.4) is 0 Å². The minimum absolute atomic E-state index is 0.125. The zero-order valence-electron chi connectivity index (χ0n) is 13.1. The Hall–Kier alpha value is -2.60. The zero-order valence-corrected chi connectivity index (χ0v) is 14.0. The molecule has 3 aromatic rings. The number of aliphatic carboxylic acids is 1. The molecule has 0 radical (unpaired) electrons. The predicted octanol–water partition coefficient (Wildman–Crippen LogP) is 3.20. The van der Waals surface area contributed by atoms with E-state index in [1.54, 1.807) is 30.3 Å². The van der Waals surface area contributed by atoms with Crippen molar-refractivity contribution in [1.82, 2.24) is 3.97 Å². The number of carboxylic acid groups (broad SMARTS) is 1. The predicted molar refractivity (Wildman–Crippen MR) is 91.7 cm³/mol. The van der Waals surface area contributed by atoms with Crippen molar-refractivity contribution < 1.29 is 18.3 Å². The summed E-state index contributed by atoms with van der Waals surface area (Å²) in [6.45, 7) is 1.93. The molecule has 1 N–H and O–H groups in total. The first kappa shape index (κ1) is 16.3. The fourth-order valence-electron chi connectivity index (χ4n) is 2.76. The number of fused-ring (bicyclic) bond motifs is 1. The molecular formula is C18H17NO4S. The Kier molecular flexibility index (Phi) is 4.15. The smallest absolute Gasteiger partial charge is 0.303 e. The van der Waals surface area contributed by atoms with Crippen molar-refractivity contribution in [2.75, 3.05) is 0 Å². The molecule has 0 aliphatic rings. The molecule has 5 nitrogen and oxygen atoms in total. The van der Waals surface area contributed by atoms with Gasteiger partial charge in [-0.1, -0.05) is 29.8 Å². The third-order valence-electron chi connectivity index (χ3n) is 3.86. The SMILES string of the molecule is Cc1ccc2c(c1)cc(CCC(=O)O)n2S(=O)(=O)c1ccccc1. The van der Waals surface area contributed by atoms with Crippen molar-refractivity contribution >= 4 is 26.9 Å². The Morgan fingerprint density at radius 2 is 1.79 bits per heavy atom. The number of benzene rings is 2. The van der Waals surface area contributed by atoms with Crippen LogP contribution >= 0.6 is 0 Å². The van der Waals surface area contributed by atoms with Crippen LogP contribution in [0.25, 0.3) is 10.9 Å². The first-order valence-electron chi connectivity index (χ1n) is 7.53. The molecule has 6 heteroatoms. The Labute approximate surface area is 140 Å². The van der Waals surface area contributed by atoms with Gasteiger partial charge in [0.2, 0.25) is 0 Å². The second-order valence-electron chi connectivity index (χ2n) is 5.67. The van der Waals surface area contributed by atoms with E-state index < -0.39 is 16.0 Å². The highest BCUT2D eigenvalue weighted by Gasteiger charge is 2.23. The molecule has 0 aliphatic heterocycles. The number of carboxylic acids is 1. The van der Waals surface area contributed by atoms with Crippen LogP contribution in [0.2, 0.25) is 0 Å². The summed E-state index contributed by atoms with van der Waals surface area (Å²) in [5, 5.41) is 9.73. The Morgan fingerprint density at radius 3 is 2.46 bits per heavy atom. The summed E-state index contributed by atoms with van der Waals surface area (Å²) < 4.78 is 27.4. The maximum Gasteiger partial charge on any atom is 0.303 e. The van der Waals surface area contributed by atoms with E-state index in [-0.39, 0.29) is 17.7 Å². The maximum absolute atomic E-state index is 13.1. The summed E-state index contributed by atoms with van der Waals surface area (Å²) in [6.07, 6.45) is 0.0226. The van der Waals surface area contributed by atoms with Gasteiger partial charge in [-0.2, -0.15) is 0 Å². The van der Waals surface area contributed by atoms with E-state index in [1.807, 2.05) is 19.1 Å². The lowest BCUT2D eigenvalue weighted by Gasteiger charge is -2.11. The van der Waals surface area contributed by atoms with E-state index in [4.69, 9.17) is 5.11 Å². The van der Waals surface area contributed by atoms with E-state index in [0.717, 1.165) is 10.9 Å². The standard InChI is InChI=1S/C18H17NO4S/c1-13-7-9-17-14(11-13)12-15(8-10-18(20)21)19(17)24(22,23)16-5-3-2-4-6-16/h2-7,9,11-12H,8,10H2,1H3,(H,20,21). The van der Waals surface area contributed by atoms with Crippen LogP contribution in [-0.2, 0) is 21.2 Å². The van der Waals surface area contributed by atoms with Crippen molar-refractivity contribution in [3.8, 4) is 0 Å². The fraction of sp³-hybridized carbons (Fsp3) is 0.167. The summed E-state index contributed by atoms with van der Waals surface area (Å²) in [5.41, 5.74) is 2.05. The minimum Gasteiger partial charge on any atom is -0.481 e. The van der Waals surface area contributed by atoms with Gasteiger partial charge in [0.15, 0.2) is 0 Å². The lowest BCUT2D eigenvalue weighted by atomic mass is 10.2. The van der Waals surface area contributed by atoms with Crippen molar-refractivity contribution in [1.29, 1.82) is 0 Å². The molecule has 0 spiro atoms. The third-order valence-corrected chi connectivity index (χ3v) is 5.64. The summed E-state index contributed by atoms with van der Waals surface area (Å²) in [5.74, 6) is -0.958. The molecule has 1 heterocycles. The quantitative estimate of drug-likeness (QED) is 0.772. The van der Waals surface area contributed by atoms with E-state index in [2.05, 4.69) is 0 Å². The molecule has 0 bridgehead atoms. The van der Waals surface area contributed by atoms with Gasteiger partial charge in [0.25, 0.3) is 10.0 Å². The van der Waals surface area contributed by atoms with Crippen LogP contribution in [-0.4, -0.2) is 23.5 Å². The van der Waals surface area contributed by atoms with Gasteiger partial charge in [-0.3, -0.25) is 4.79 Å². The molecule has 0 saturated carbocycles. The third kappa shape index (κ3) is 2.92. The summed E-state index contributed by atoms with van der Waals surface area (Å²) in [6, 6.07) is 15.4. The lowest BCUT2D eigenvalue weighted by molar-refractivity contribution is -0.136. The van der Waals surface area contributed by atoms with Crippen molar-refractivity contribution in [3.63, 3.8) is 0 Å². The molecule has 0 atom stereocenters. The van der Waals surface area contributed by atoms with Gasteiger partial charge in [0, 0.05) is 11.1 Å². The van der Waals surface area contributed by atoms with E-state index in [0.29, 0.717) is 11.2 Å². The molecule has 2 aromatic carbocycles. The van der Waals surface area contributed by atoms with Gasteiger partial charge in [-0.25, -0.2) is 12.4 Å². The molecule has 1 aromatic heterocycles. The second kappa shape index (κ2) is 6.13. The Morgan fingerprint density at radius 1 is 1.08 bits per heavy atom. The van der Waals surface area contributed by atoms with Gasteiger partial charge < -0.3 is 5.11 Å². The largest absolute Gasteiger partial charge is 0.481 e. The average Bonchev–Trinajstić information content (AvgIpc) is 2.91. The van der Waals surface area contributed by atoms with Gasteiger partial charge >= 0.3 is 5.97 Å². The van der Waals surface area contributed by atoms with E-state index in [9.17, 15) is 13.2 Å². The van der Waals surface area contributed by atoms with Gasteiger partial charge in [-0.15, -0.1) is 0 Å². The average molecular weight is 343 g/mol. The van der Waals surface area contributed by atoms with E-state index >= 15 is 0 Å². The van der Waals surface area contributed by atoms with Crippen LogP contribution in [0.5, 0.6) is 0 Å². The van der Waals surface area contributed by atoms with Gasteiger partial charge in [0.1, 0.15) is 0 Å². The van der Waals surface area contributed by atoms with Crippen molar-refractivity contribution in [2.45, 2.75) is 24.7 Å². The van der Waals surface area contributed by atoms with Crippen molar-refractivity contribution in [3.05, 3.63) is 65.9 Å². The molecule has 0 fully saturated rings. The zero-order chi connectivity index (χ0) is 17.3. The fourth-order valence-corrected chi connectivity index (χ4v) is 4.35. The van der Waals surface area contributed by atoms with Crippen LogP contribution in [0.4, 0.5) is 0 Å². The topological polar surface area (TPSA) is 76.4 Å². The molecule has 0 aliphatic carbocycles. The molecule has 0 unspecified atom stereocenters. The molecule has 0 amide bonds. The normalized spacial score (nSPS) is 11.7. The highest BCUT2D eigenvalue weighted by Crippen LogP contribution is 2.27. The summed E-state index contributed by atoms with van der Waals surface area (Å²) in [4.78, 5) is 11.1. The second-order valence-corrected chi connectivity index (χ2v) is 7.46. The number of hydrogen-bond donors (Lipinski definition) is 1. The highest BCUT2D eigenvalue weighted by molar-refractivity contribution is 7.90. The number of rotatable bonds is 5. The Balaban J connectivity index is 2.24. The van der Waals surface area contributed by atoms with Crippen LogP contribution < -0.4 is 0 Å². The van der Waals surface area contributed by atoms with Crippen molar-refractivity contribution in [2.24, 2.45) is 0 Å². The summed E-state index contributed by atoms with van der Waals surface area (Å²) >= 11 is 0. The number of carbonyl (C=O) groups is 1. The highest BCUT2D eigenvalue weighted by atomic mass is 32.2. The maximum atomic E-state index is 13.1. The van der Waals surface area contributed by atoms with Crippen LogP contribution in [0.15, 0.2) is 59.5 Å². The van der Waals surface area contributed by atoms with Gasteiger partial charge in [0.05, 0.1) is 16.8 Å². The lowest BCUT2D eigenvalue weighted by Crippen LogP contribution is -2.16. The molecule has 124 valence electrons. The first-order valence-corrected chi connectivity index (χ1v) is 8.97. The molecular weight excluding hydrogens is 326 g/mol. The number of aromatic nitrogens is 1. The number of hydrogen-bond acceptors (Lipinski definition) is 3. The summed E-state index contributed by atoms with van der Waals surface area (Å²) in [7, 11) is -3.79. The molecule has 0 saturated heterocycles. The molecule has 3 rings (SSSR count). The van der Waals surface area contributed by atoms with Crippen LogP contribution in [0.1, 0.15) is 17.7 Å². The van der Waals surface area contributed by atoms with E-state index in [1.165, 1.54) is 16.1 Å². The minimum atomic E-state index is -3.79. The van der Waals surface area contributed by atoms with Gasteiger partial charge in [-0.05, 0) is 43.7 Å². The van der Waals surface area contributed by atoms with Crippen LogP contribution in [0, 0.1) is 6.92 Å².